The van der Waals surface area contributed by atoms with Crippen LogP contribution in [0.5, 0.6) is 0 Å². The number of carbonyl (C=O) groups excluding carboxylic acids is 1. The third kappa shape index (κ3) is 5.42. The van der Waals surface area contributed by atoms with Crippen LogP contribution in [0, 0.1) is 0 Å². The summed E-state index contributed by atoms with van der Waals surface area (Å²) in [5.41, 5.74) is 1.26. The van der Waals surface area contributed by atoms with E-state index in [-0.39, 0.29) is 12.1 Å². The van der Waals surface area contributed by atoms with E-state index in [0.29, 0.717) is 26.2 Å². The van der Waals surface area contributed by atoms with E-state index in [4.69, 9.17) is 0 Å². The summed E-state index contributed by atoms with van der Waals surface area (Å²) in [7, 11) is -0.370. The number of aryl methyl sites for hydroxylation is 1. The molecule has 1 aliphatic rings. The lowest BCUT2D eigenvalue weighted by molar-refractivity contribution is 0.167. The Morgan fingerprint density at radius 1 is 1.16 bits per heavy atom. The maximum atomic E-state index is 12.3. The molecule has 1 atom stereocenters. The lowest BCUT2D eigenvalue weighted by Gasteiger charge is -2.35. The molecule has 0 aliphatic carbocycles. The lowest BCUT2D eigenvalue weighted by Crippen LogP contribution is -2.55. The van der Waals surface area contributed by atoms with Crippen LogP contribution < -0.4 is 5.32 Å². The first-order chi connectivity index (χ1) is 11.8. The number of hydrogen-bond acceptors (Lipinski definition) is 3. The van der Waals surface area contributed by atoms with Gasteiger partial charge in [-0.25, -0.2) is 4.79 Å². The van der Waals surface area contributed by atoms with E-state index >= 15 is 0 Å². The molecule has 1 saturated heterocycles. The smallest absolute Gasteiger partial charge is 0.317 e. The highest BCUT2D eigenvalue weighted by atomic mass is 32.2. The first-order valence-corrected chi connectivity index (χ1v) is 9.97. The van der Waals surface area contributed by atoms with Gasteiger partial charge < -0.3 is 10.2 Å². The van der Waals surface area contributed by atoms with Crippen LogP contribution in [-0.2, 0) is 16.6 Å². The summed E-state index contributed by atoms with van der Waals surface area (Å²) in [6, 6.07) is 10.1. The molecule has 7 nitrogen and oxygen atoms in total. The number of benzene rings is 1. The third-order valence-electron chi connectivity index (χ3n) is 4.39. The normalized spacial score (nSPS) is 17.5. The number of carbonyl (C=O) groups is 1. The molecule has 1 aliphatic heterocycles. The minimum Gasteiger partial charge on any atom is -0.336 e. The van der Waals surface area contributed by atoms with Crippen molar-refractivity contribution in [3.05, 3.63) is 35.9 Å². The van der Waals surface area contributed by atoms with Crippen LogP contribution in [0.4, 0.5) is 4.79 Å². The molecular weight excluding hydrogens is 340 g/mol. The number of rotatable bonds is 6. The number of urea groups is 1. The van der Waals surface area contributed by atoms with Gasteiger partial charge in [0.1, 0.15) is 0 Å². The van der Waals surface area contributed by atoms with E-state index in [0.717, 1.165) is 12.8 Å². The molecule has 0 saturated carbocycles. The molecule has 0 bridgehead atoms. The predicted molar refractivity (Wildman–Crippen MR) is 98.5 cm³/mol. The van der Waals surface area contributed by atoms with Crippen LogP contribution in [0.15, 0.2) is 30.3 Å². The van der Waals surface area contributed by atoms with Gasteiger partial charge in [0.15, 0.2) is 0 Å². The lowest BCUT2D eigenvalue weighted by atomic mass is 10.1. The molecule has 0 radical (unpaired) electrons. The van der Waals surface area contributed by atoms with Crippen LogP contribution in [0.1, 0.15) is 18.9 Å². The van der Waals surface area contributed by atoms with Gasteiger partial charge >= 0.3 is 6.03 Å². The number of nitrogens with one attached hydrogen (secondary N) is 1. The van der Waals surface area contributed by atoms with Gasteiger partial charge in [0.05, 0.1) is 0 Å². The van der Waals surface area contributed by atoms with Crippen LogP contribution in [0.3, 0.4) is 0 Å². The Kier molecular flexibility index (Phi) is 6.80. The molecule has 1 aromatic carbocycles. The predicted octanol–water partition coefficient (Wildman–Crippen LogP) is 1.14. The van der Waals surface area contributed by atoms with Crippen molar-refractivity contribution in [2.24, 2.45) is 0 Å². The van der Waals surface area contributed by atoms with Crippen molar-refractivity contribution in [1.29, 1.82) is 0 Å². The van der Waals surface area contributed by atoms with Crippen molar-refractivity contribution in [3.63, 3.8) is 0 Å². The van der Waals surface area contributed by atoms with Gasteiger partial charge in [-0.1, -0.05) is 30.3 Å². The molecule has 1 fully saturated rings. The van der Waals surface area contributed by atoms with Gasteiger partial charge in [-0.15, -0.1) is 0 Å². The summed E-state index contributed by atoms with van der Waals surface area (Å²) in [4.78, 5) is 14.0. The van der Waals surface area contributed by atoms with Crippen molar-refractivity contribution in [1.82, 2.24) is 18.8 Å². The molecule has 1 N–H and O–H groups in total. The Labute approximate surface area is 150 Å². The second-order valence-electron chi connectivity index (χ2n) is 6.55. The van der Waals surface area contributed by atoms with Crippen LogP contribution >= 0.6 is 0 Å². The minimum absolute atomic E-state index is 0.0660. The first kappa shape index (κ1) is 19.7. The number of hydrogen-bond donors (Lipinski definition) is 1. The molecule has 25 heavy (non-hydrogen) atoms. The van der Waals surface area contributed by atoms with E-state index in [9.17, 15) is 13.2 Å². The van der Waals surface area contributed by atoms with E-state index < -0.39 is 10.2 Å². The van der Waals surface area contributed by atoms with E-state index in [2.05, 4.69) is 17.4 Å². The van der Waals surface area contributed by atoms with Crippen molar-refractivity contribution >= 4 is 16.2 Å². The zero-order valence-corrected chi connectivity index (χ0v) is 16.0. The Morgan fingerprint density at radius 2 is 1.76 bits per heavy atom. The molecule has 0 aromatic heterocycles. The summed E-state index contributed by atoms with van der Waals surface area (Å²) >= 11 is 0. The van der Waals surface area contributed by atoms with Gasteiger partial charge in [0.25, 0.3) is 10.2 Å². The number of piperazine rings is 1. The highest BCUT2D eigenvalue weighted by Crippen LogP contribution is 2.10. The van der Waals surface area contributed by atoms with Gasteiger partial charge in [0.2, 0.25) is 0 Å². The van der Waals surface area contributed by atoms with Gasteiger partial charge in [-0.3, -0.25) is 0 Å². The second kappa shape index (κ2) is 8.64. The Balaban J connectivity index is 1.76. The molecular formula is C17H28N4O3S. The minimum atomic E-state index is -3.40. The summed E-state index contributed by atoms with van der Waals surface area (Å²) < 4.78 is 26.8. The molecule has 2 rings (SSSR count). The molecule has 1 aromatic rings. The first-order valence-electron chi connectivity index (χ1n) is 8.57. The van der Waals surface area contributed by atoms with Crippen molar-refractivity contribution in [3.8, 4) is 0 Å². The van der Waals surface area contributed by atoms with Gasteiger partial charge in [-0.2, -0.15) is 17.0 Å². The van der Waals surface area contributed by atoms with E-state index in [1.807, 2.05) is 25.1 Å². The quantitative estimate of drug-likeness (QED) is 0.818. The number of amides is 2. The average molecular weight is 369 g/mol. The highest BCUT2D eigenvalue weighted by Gasteiger charge is 2.30. The van der Waals surface area contributed by atoms with Crippen LogP contribution in [0.2, 0.25) is 0 Å². The molecule has 140 valence electrons. The third-order valence-corrected chi connectivity index (χ3v) is 6.33. The fourth-order valence-electron chi connectivity index (χ4n) is 2.75. The molecule has 1 heterocycles. The van der Waals surface area contributed by atoms with E-state index in [1.165, 1.54) is 28.3 Å². The topological polar surface area (TPSA) is 73.0 Å². The monoisotopic (exact) mass is 368 g/mol. The van der Waals surface area contributed by atoms with Crippen LogP contribution in [0.25, 0.3) is 0 Å². The van der Waals surface area contributed by atoms with Crippen molar-refractivity contribution in [2.45, 2.75) is 25.8 Å². The standard InChI is InChI=1S/C17H28N4O3S/c1-15(9-10-16-7-5-4-6-8-16)18-17(22)20-11-13-21(14-12-20)25(23,24)19(2)3/h4-8,15H,9-14H2,1-3H3,(H,18,22)/t15-/m0/s1. The van der Waals surface area contributed by atoms with Gasteiger partial charge in [-0.05, 0) is 25.3 Å². The molecule has 0 spiro atoms. The zero-order valence-electron chi connectivity index (χ0n) is 15.2. The summed E-state index contributed by atoms with van der Waals surface area (Å²) in [6.07, 6.45) is 1.78. The van der Waals surface area contributed by atoms with Crippen molar-refractivity contribution < 1.29 is 13.2 Å². The summed E-state index contributed by atoms with van der Waals surface area (Å²) in [6.45, 7) is 3.46. The maximum Gasteiger partial charge on any atom is 0.317 e. The fourth-order valence-corrected chi connectivity index (χ4v) is 3.84. The molecule has 0 unspecified atom stereocenters. The largest absolute Gasteiger partial charge is 0.336 e. The summed E-state index contributed by atoms with van der Waals surface area (Å²) in [5.74, 6) is 0. The average Bonchev–Trinajstić information content (AvgIpc) is 2.60. The van der Waals surface area contributed by atoms with Gasteiger partial charge in [0, 0.05) is 46.3 Å². The zero-order chi connectivity index (χ0) is 18.4. The summed E-state index contributed by atoms with van der Waals surface area (Å²) in [5, 5.41) is 3.00. The maximum absolute atomic E-state index is 12.3. The SMILES string of the molecule is C[C@@H](CCc1ccccc1)NC(=O)N1CCN(S(=O)(=O)N(C)C)CC1. The van der Waals surface area contributed by atoms with Crippen LogP contribution in [-0.4, -0.2) is 74.3 Å². The van der Waals surface area contributed by atoms with Crippen molar-refractivity contribution in [2.75, 3.05) is 40.3 Å². The highest BCUT2D eigenvalue weighted by molar-refractivity contribution is 7.86. The number of nitrogens with zero attached hydrogens (tertiary/aromatic N) is 3. The fraction of sp³-hybridized carbons (Fsp3) is 0.588. The second-order valence-corrected chi connectivity index (χ2v) is 8.69. The molecule has 2 amide bonds. The Morgan fingerprint density at radius 3 is 2.32 bits per heavy atom. The van der Waals surface area contributed by atoms with E-state index in [1.54, 1.807) is 4.90 Å². The Hall–Kier alpha value is -1.64. The molecule has 8 heteroatoms. The Bertz CT molecular complexity index is 656.